The summed E-state index contributed by atoms with van der Waals surface area (Å²) in [5, 5.41) is 12.3. The number of hydrogen-bond donors (Lipinski definition) is 1. The second-order valence-corrected chi connectivity index (χ2v) is 2.82. The summed E-state index contributed by atoms with van der Waals surface area (Å²) in [7, 11) is 3.96. The zero-order valence-electron chi connectivity index (χ0n) is 7.32. The summed E-state index contributed by atoms with van der Waals surface area (Å²) in [6, 6.07) is 0. The summed E-state index contributed by atoms with van der Waals surface area (Å²) in [4.78, 5) is 5.98. The maximum absolute atomic E-state index is 8.62. The van der Waals surface area contributed by atoms with Crippen LogP contribution in [0.4, 0.5) is 0 Å². The van der Waals surface area contributed by atoms with E-state index in [4.69, 9.17) is 9.63 Å². The summed E-state index contributed by atoms with van der Waals surface area (Å²) in [5.41, 5.74) is 0. The molecule has 1 aromatic rings. The molecular weight excluding hydrogens is 158 g/mol. The van der Waals surface area contributed by atoms with Gasteiger partial charge in [0.05, 0.1) is 0 Å². The highest BCUT2D eigenvalue weighted by atomic mass is 16.5. The van der Waals surface area contributed by atoms with Crippen LogP contribution in [0.1, 0.15) is 11.7 Å². The molecule has 1 rings (SSSR count). The summed E-state index contributed by atoms with van der Waals surface area (Å²) in [6.07, 6.45) is 0.747. The van der Waals surface area contributed by atoms with Crippen LogP contribution in [-0.2, 0) is 13.0 Å². The number of hydrogen-bond acceptors (Lipinski definition) is 5. The second-order valence-electron chi connectivity index (χ2n) is 2.82. The number of rotatable bonds is 4. The first-order chi connectivity index (χ1) is 5.72. The minimum absolute atomic E-state index is 0.186. The Morgan fingerprint density at radius 3 is 2.75 bits per heavy atom. The van der Waals surface area contributed by atoms with Crippen molar-refractivity contribution in [3.05, 3.63) is 11.7 Å². The van der Waals surface area contributed by atoms with Crippen molar-refractivity contribution in [3.63, 3.8) is 0 Å². The maximum atomic E-state index is 8.62. The first kappa shape index (κ1) is 9.15. The van der Waals surface area contributed by atoms with E-state index in [0.29, 0.717) is 5.82 Å². The molecule has 0 saturated carbocycles. The van der Waals surface area contributed by atoms with Gasteiger partial charge in [0, 0.05) is 13.0 Å². The largest absolute Gasteiger partial charge is 0.387 e. The molecule has 0 unspecified atom stereocenters. The molecule has 0 atom stereocenters. The van der Waals surface area contributed by atoms with Crippen molar-refractivity contribution >= 4 is 0 Å². The molecule has 0 bridgehead atoms. The zero-order valence-corrected chi connectivity index (χ0v) is 7.32. The lowest BCUT2D eigenvalue weighted by Gasteiger charge is -2.05. The van der Waals surface area contributed by atoms with Crippen LogP contribution in [0.2, 0.25) is 0 Å². The maximum Gasteiger partial charge on any atom is 0.252 e. The molecule has 5 nitrogen and oxygen atoms in total. The highest BCUT2D eigenvalue weighted by Crippen LogP contribution is 1.97. The molecule has 1 N–H and O–H groups in total. The predicted molar refractivity (Wildman–Crippen MR) is 42.5 cm³/mol. The number of nitrogens with zero attached hydrogens (tertiary/aromatic N) is 3. The highest BCUT2D eigenvalue weighted by Gasteiger charge is 2.04. The van der Waals surface area contributed by atoms with E-state index in [1.165, 1.54) is 0 Å². The van der Waals surface area contributed by atoms with Crippen LogP contribution < -0.4 is 0 Å². The number of aliphatic hydroxyl groups excluding tert-OH is 1. The molecule has 5 heteroatoms. The Morgan fingerprint density at radius 1 is 1.50 bits per heavy atom. The van der Waals surface area contributed by atoms with Crippen molar-refractivity contribution in [2.24, 2.45) is 0 Å². The minimum Gasteiger partial charge on any atom is -0.387 e. The quantitative estimate of drug-likeness (QED) is 0.671. The molecular formula is C7H13N3O2. The van der Waals surface area contributed by atoms with E-state index >= 15 is 0 Å². The van der Waals surface area contributed by atoms with Gasteiger partial charge in [-0.1, -0.05) is 5.16 Å². The number of likely N-dealkylation sites (N-methyl/N-ethyl adjacent to an activating group) is 1. The normalized spacial score (nSPS) is 11.0. The molecule has 0 radical (unpaired) electrons. The molecule has 1 aromatic heterocycles. The molecule has 68 valence electrons. The van der Waals surface area contributed by atoms with Gasteiger partial charge in [0.25, 0.3) is 5.89 Å². The fraction of sp³-hybridized carbons (Fsp3) is 0.714. The van der Waals surface area contributed by atoms with E-state index in [9.17, 15) is 0 Å². The summed E-state index contributed by atoms with van der Waals surface area (Å²) in [6.45, 7) is 0.694. The van der Waals surface area contributed by atoms with E-state index in [2.05, 4.69) is 10.1 Å². The van der Waals surface area contributed by atoms with Crippen LogP contribution in [0.3, 0.4) is 0 Å². The fourth-order valence-corrected chi connectivity index (χ4v) is 0.780. The molecule has 12 heavy (non-hydrogen) atoms. The molecule has 0 aromatic carbocycles. The SMILES string of the molecule is CN(C)CCc1noc(CO)n1. The first-order valence-corrected chi connectivity index (χ1v) is 3.79. The topological polar surface area (TPSA) is 62.4 Å². The lowest BCUT2D eigenvalue weighted by atomic mass is 10.4. The van der Waals surface area contributed by atoms with Gasteiger partial charge in [0.1, 0.15) is 6.61 Å². The van der Waals surface area contributed by atoms with Gasteiger partial charge in [0.2, 0.25) is 0 Å². The van der Waals surface area contributed by atoms with E-state index < -0.39 is 0 Å². The molecule has 0 fully saturated rings. The van der Waals surface area contributed by atoms with E-state index in [-0.39, 0.29) is 12.5 Å². The van der Waals surface area contributed by atoms with E-state index in [1.54, 1.807) is 0 Å². The monoisotopic (exact) mass is 171 g/mol. The Bertz CT molecular complexity index is 234. The Morgan fingerprint density at radius 2 is 2.25 bits per heavy atom. The molecule has 0 saturated heterocycles. The Kier molecular flexibility index (Phi) is 3.19. The number of aromatic nitrogens is 2. The van der Waals surface area contributed by atoms with Crippen LogP contribution in [0.5, 0.6) is 0 Å². The van der Waals surface area contributed by atoms with Gasteiger partial charge in [-0.15, -0.1) is 0 Å². The third kappa shape index (κ3) is 2.60. The van der Waals surface area contributed by atoms with E-state index in [1.807, 2.05) is 19.0 Å². The third-order valence-corrected chi connectivity index (χ3v) is 1.43. The van der Waals surface area contributed by atoms with Crippen LogP contribution in [0, 0.1) is 0 Å². The van der Waals surface area contributed by atoms with Crippen molar-refractivity contribution in [2.75, 3.05) is 20.6 Å². The van der Waals surface area contributed by atoms with Gasteiger partial charge < -0.3 is 14.5 Å². The fourth-order valence-electron chi connectivity index (χ4n) is 0.780. The van der Waals surface area contributed by atoms with Crippen LogP contribution in [0.15, 0.2) is 4.52 Å². The van der Waals surface area contributed by atoms with Gasteiger partial charge in [0.15, 0.2) is 5.82 Å². The molecule has 0 amide bonds. The molecule has 1 heterocycles. The third-order valence-electron chi connectivity index (χ3n) is 1.43. The van der Waals surface area contributed by atoms with E-state index in [0.717, 1.165) is 13.0 Å². The van der Waals surface area contributed by atoms with Crippen LogP contribution >= 0.6 is 0 Å². The zero-order chi connectivity index (χ0) is 8.97. The lowest BCUT2D eigenvalue weighted by molar-refractivity contribution is 0.222. The first-order valence-electron chi connectivity index (χ1n) is 3.79. The molecule has 0 spiro atoms. The standard InChI is InChI=1S/C7H13N3O2/c1-10(2)4-3-6-8-7(5-11)12-9-6/h11H,3-5H2,1-2H3. The van der Waals surface area contributed by atoms with Gasteiger partial charge >= 0.3 is 0 Å². The van der Waals surface area contributed by atoms with Gasteiger partial charge in [-0.2, -0.15) is 4.98 Å². The van der Waals surface area contributed by atoms with Crippen LogP contribution in [0.25, 0.3) is 0 Å². The summed E-state index contributed by atoms with van der Waals surface area (Å²) >= 11 is 0. The Labute approximate surface area is 71.0 Å². The Balaban J connectivity index is 2.41. The van der Waals surface area contributed by atoms with Crippen LogP contribution in [-0.4, -0.2) is 40.8 Å². The summed E-state index contributed by atoms with van der Waals surface area (Å²) in [5.74, 6) is 0.927. The Hall–Kier alpha value is -0.940. The minimum atomic E-state index is -0.186. The molecule has 0 aliphatic rings. The molecule has 0 aliphatic carbocycles. The molecule has 0 aliphatic heterocycles. The average molecular weight is 171 g/mol. The summed E-state index contributed by atoms with van der Waals surface area (Å²) < 4.78 is 4.72. The number of aliphatic hydroxyl groups is 1. The van der Waals surface area contributed by atoms with Crippen molar-refractivity contribution in [1.82, 2.24) is 15.0 Å². The smallest absolute Gasteiger partial charge is 0.252 e. The second kappa shape index (κ2) is 4.18. The lowest BCUT2D eigenvalue weighted by Crippen LogP contribution is -2.15. The van der Waals surface area contributed by atoms with Crippen molar-refractivity contribution in [3.8, 4) is 0 Å². The highest BCUT2D eigenvalue weighted by molar-refractivity contribution is 4.85. The predicted octanol–water partition coefficient (Wildman–Crippen LogP) is -0.334. The van der Waals surface area contributed by atoms with Gasteiger partial charge in [-0.3, -0.25) is 0 Å². The average Bonchev–Trinajstić information content (AvgIpc) is 2.48. The van der Waals surface area contributed by atoms with Crippen molar-refractivity contribution < 1.29 is 9.63 Å². The van der Waals surface area contributed by atoms with Gasteiger partial charge in [-0.05, 0) is 14.1 Å². The van der Waals surface area contributed by atoms with Crippen molar-refractivity contribution in [1.29, 1.82) is 0 Å². The van der Waals surface area contributed by atoms with Gasteiger partial charge in [-0.25, -0.2) is 0 Å². The van der Waals surface area contributed by atoms with Crippen molar-refractivity contribution in [2.45, 2.75) is 13.0 Å².